The van der Waals surface area contributed by atoms with Crippen LogP contribution in [0.3, 0.4) is 0 Å². The zero-order valence-corrected chi connectivity index (χ0v) is 14.1. The molecule has 0 heterocycles. The van der Waals surface area contributed by atoms with E-state index in [2.05, 4.69) is 39.5 Å². The molecule has 1 nitrogen and oxygen atoms in total. The first-order valence-corrected chi connectivity index (χ1v) is 8.85. The molecule has 0 unspecified atom stereocenters. The van der Waals surface area contributed by atoms with Crippen LogP contribution in [-0.4, -0.2) is 11.7 Å². The third kappa shape index (κ3) is 2.07. The maximum Gasteiger partial charge on any atom is 0.0527 e. The van der Waals surface area contributed by atoms with Crippen molar-refractivity contribution in [1.82, 2.24) is 0 Å². The predicted octanol–water partition coefficient (Wildman–Crippen LogP) is 5.11. The number of rotatable bonds is 2. The number of fused-ring (bicyclic) bond motifs is 3. The lowest BCUT2D eigenvalue weighted by molar-refractivity contribution is -0.0645. The molecule has 0 saturated heterocycles. The fourth-order valence-corrected chi connectivity index (χ4v) is 6.07. The summed E-state index contributed by atoms with van der Waals surface area (Å²) in [7, 11) is 0. The van der Waals surface area contributed by atoms with Crippen LogP contribution in [-0.2, 0) is 0 Å². The smallest absolute Gasteiger partial charge is 0.0527 e. The van der Waals surface area contributed by atoms with E-state index in [0.29, 0.717) is 23.9 Å². The molecule has 2 saturated carbocycles. The largest absolute Gasteiger partial charge is 0.395 e. The summed E-state index contributed by atoms with van der Waals surface area (Å²) in [5.74, 6) is 1.26. The Morgan fingerprint density at radius 2 is 2.00 bits per heavy atom. The second-order valence-corrected chi connectivity index (χ2v) is 8.75. The average molecular weight is 288 g/mol. The molecule has 2 fully saturated rings. The highest BCUT2D eigenvalue weighted by Gasteiger charge is 2.57. The number of aliphatic hydroxyl groups is 1. The second-order valence-electron chi connectivity index (χ2n) is 8.75. The Balaban J connectivity index is 2.06. The van der Waals surface area contributed by atoms with Crippen molar-refractivity contribution in [2.24, 2.45) is 28.1 Å². The maximum atomic E-state index is 10.4. The van der Waals surface area contributed by atoms with Gasteiger partial charge in [-0.25, -0.2) is 0 Å². The fraction of sp³-hybridized carbons (Fsp3) is 0.800. The standard InChI is InChI=1S/C20H32O/c1-5-19(4)12-6-8-16-15(19)9-10-17-18(2,3)11-7-13-20(16,17)14-21/h5,8,15,17,21H,1,6-7,9-14H2,2-4H3/t15-,17-,19+,20-/m1/s1. The summed E-state index contributed by atoms with van der Waals surface area (Å²) in [6.45, 7) is 11.7. The van der Waals surface area contributed by atoms with Gasteiger partial charge in [-0.15, -0.1) is 6.58 Å². The Bertz CT molecular complexity index is 460. The van der Waals surface area contributed by atoms with Crippen molar-refractivity contribution < 1.29 is 5.11 Å². The maximum absolute atomic E-state index is 10.4. The Morgan fingerprint density at radius 1 is 1.24 bits per heavy atom. The van der Waals surface area contributed by atoms with Gasteiger partial charge in [0.2, 0.25) is 0 Å². The molecule has 118 valence electrons. The molecule has 3 aliphatic rings. The van der Waals surface area contributed by atoms with Gasteiger partial charge in [-0.1, -0.05) is 44.9 Å². The van der Waals surface area contributed by atoms with Crippen LogP contribution in [0.2, 0.25) is 0 Å². The quantitative estimate of drug-likeness (QED) is 0.700. The Hall–Kier alpha value is -0.560. The number of aliphatic hydroxyl groups excluding tert-OH is 1. The van der Waals surface area contributed by atoms with Gasteiger partial charge < -0.3 is 5.11 Å². The molecular weight excluding hydrogens is 256 g/mol. The van der Waals surface area contributed by atoms with Crippen LogP contribution in [0.4, 0.5) is 0 Å². The lowest BCUT2D eigenvalue weighted by Gasteiger charge is -2.60. The second kappa shape index (κ2) is 4.98. The van der Waals surface area contributed by atoms with Crippen molar-refractivity contribution in [3.8, 4) is 0 Å². The molecule has 4 atom stereocenters. The molecule has 0 spiro atoms. The van der Waals surface area contributed by atoms with Crippen molar-refractivity contribution in [3.63, 3.8) is 0 Å². The molecule has 0 aromatic heterocycles. The van der Waals surface area contributed by atoms with Crippen molar-refractivity contribution >= 4 is 0 Å². The van der Waals surface area contributed by atoms with Gasteiger partial charge in [0, 0.05) is 5.41 Å². The molecule has 3 rings (SSSR count). The molecule has 1 N–H and O–H groups in total. The summed E-state index contributed by atoms with van der Waals surface area (Å²) in [5, 5.41) is 10.4. The fourth-order valence-electron chi connectivity index (χ4n) is 6.07. The highest BCUT2D eigenvalue weighted by Crippen LogP contribution is 2.64. The summed E-state index contributed by atoms with van der Waals surface area (Å²) in [5.41, 5.74) is 2.27. The zero-order valence-electron chi connectivity index (χ0n) is 14.1. The molecule has 3 aliphatic carbocycles. The first kappa shape index (κ1) is 15.3. The van der Waals surface area contributed by atoms with E-state index in [-0.39, 0.29) is 10.8 Å². The number of allylic oxidation sites excluding steroid dienone is 2. The molecule has 0 aromatic carbocycles. The van der Waals surface area contributed by atoms with Gasteiger partial charge in [0.1, 0.15) is 0 Å². The molecule has 1 heteroatoms. The first-order valence-electron chi connectivity index (χ1n) is 8.85. The summed E-state index contributed by atoms with van der Waals surface area (Å²) in [6.07, 6.45) is 13.4. The van der Waals surface area contributed by atoms with Gasteiger partial charge in [0.05, 0.1) is 6.61 Å². The summed E-state index contributed by atoms with van der Waals surface area (Å²) >= 11 is 0. The zero-order chi connectivity index (χ0) is 15.3. The molecular formula is C20H32O. The molecule has 0 radical (unpaired) electrons. The van der Waals surface area contributed by atoms with E-state index >= 15 is 0 Å². The lowest BCUT2D eigenvalue weighted by Crippen LogP contribution is -2.53. The summed E-state index contributed by atoms with van der Waals surface area (Å²) in [6, 6.07) is 0. The van der Waals surface area contributed by atoms with Crippen molar-refractivity contribution in [1.29, 1.82) is 0 Å². The van der Waals surface area contributed by atoms with Crippen LogP contribution in [0.25, 0.3) is 0 Å². The monoisotopic (exact) mass is 288 g/mol. The lowest BCUT2D eigenvalue weighted by atomic mass is 9.44. The predicted molar refractivity (Wildman–Crippen MR) is 89.0 cm³/mol. The average Bonchev–Trinajstić information content (AvgIpc) is 2.47. The van der Waals surface area contributed by atoms with Gasteiger partial charge >= 0.3 is 0 Å². The first-order chi connectivity index (χ1) is 9.89. The molecule has 0 amide bonds. The van der Waals surface area contributed by atoms with E-state index in [1.165, 1.54) is 38.5 Å². The minimum atomic E-state index is 0.0648. The number of hydrogen-bond donors (Lipinski definition) is 1. The molecule has 0 aliphatic heterocycles. The highest BCUT2D eigenvalue weighted by atomic mass is 16.3. The van der Waals surface area contributed by atoms with Gasteiger partial charge in [0.15, 0.2) is 0 Å². The summed E-state index contributed by atoms with van der Waals surface area (Å²) < 4.78 is 0. The van der Waals surface area contributed by atoms with E-state index in [0.717, 1.165) is 6.42 Å². The Morgan fingerprint density at radius 3 is 2.67 bits per heavy atom. The SMILES string of the molecule is C=C[C@@]1(C)CCC=C2[C@H]1CC[C@@H]1C(C)(C)CCC[C@@]21CO. The minimum absolute atomic E-state index is 0.0648. The third-order valence-electron chi connectivity index (χ3n) is 7.34. The van der Waals surface area contributed by atoms with E-state index < -0.39 is 0 Å². The third-order valence-corrected chi connectivity index (χ3v) is 7.34. The van der Waals surface area contributed by atoms with Crippen LogP contribution in [0.1, 0.15) is 65.7 Å². The highest BCUT2D eigenvalue weighted by molar-refractivity contribution is 5.31. The van der Waals surface area contributed by atoms with Crippen molar-refractivity contribution in [2.75, 3.05) is 6.61 Å². The van der Waals surface area contributed by atoms with Gasteiger partial charge in [-0.2, -0.15) is 0 Å². The van der Waals surface area contributed by atoms with Crippen LogP contribution in [0, 0.1) is 28.1 Å². The van der Waals surface area contributed by atoms with Crippen LogP contribution >= 0.6 is 0 Å². The Labute approximate surface area is 130 Å². The number of hydrogen-bond acceptors (Lipinski definition) is 1. The van der Waals surface area contributed by atoms with Gasteiger partial charge in [0.25, 0.3) is 0 Å². The van der Waals surface area contributed by atoms with Crippen LogP contribution in [0.15, 0.2) is 24.3 Å². The van der Waals surface area contributed by atoms with E-state index in [9.17, 15) is 5.11 Å². The van der Waals surface area contributed by atoms with Crippen LogP contribution in [0.5, 0.6) is 0 Å². The normalized spacial score (nSPS) is 45.2. The Kier molecular flexibility index (Phi) is 3.64. The minimum Gasteiger partial charge on any atom is -0.395 e. The van der Waals surface area contributed by atoms with Crippen molar-refractivity contribution in [3.05, 3.63) is 24.3 Å². The summed E-state index contributed by atoms with van der Waals surface area (Å²) in [4.78, 5) is 0. The molecule has 0 aromatic rings. The van der Waals surface area contributed by atoms with E-state index in [4.69, 9.17) is 0 Å². The van der Waals surface area contributed by atoms with Gasteiger partial charge in [-0.05, 0) is 61.2 Å². The van der Waals surface area contributed by atoms with E-state index in [1.54, 1.807) is 5.57 Å². The van der Waals surface area contributed by atoms with Crippen LogP contribution < -0.4 is 0 Å². The molecule has 0 bridgehead atoms. The topological polar surface area (TPSA) is 20.2 Å². The van der Waals surface area contributed by atoms with E-state index in [1.807, 2.05) is 0 Å². The molecule has 21 heavy (non-hydrogen) atoms. The van der Waals surface area contributed by atoms with Gasteiger partial charge in [-0.3, -0.25) is 0 Å². The van der Waals surface area contributed by atoms with Crippen molar-refractivity contribution in [2.45, 2.75) is 65.7 Å².